The first kappa shape index (κ1) is 14.5. The van der Waals surface area contributed by atoms with Crippen LogP contribution < -0.4 is 0 Å². The summed E-state index contributed by atoms with van der Waals surface area (Å²) >= 11 is 0. The Balaban J connectivity index is 1.86. The average molecular weight is 288 g/mol. The van der Waals surface area contributed by atoms with Gasteiger partial charge in [-0.05, 0) is 50.5 Å². The molecule has 1 aromatic rings. The molecule has 1 N–H and O–H groups in total. The minimum absolute atomic E-state index is 0.264. The summed E-state index contributed by atoms with van der Waals surface area (Å²) in [7, 11) is 0. The minimum atomic E-state index is -0.690. The second kappa shape index (κ2) is 5.74. The van der Waals surface area contributed by atoms with Crippen LogP contribution in [0.5, 0.6) is 0 Å². The van der Waals surface area contributed by atoms with Gasteiger partial charge in [0.15, 0.2) is 0 Å². The van der Waals surface area contributed by atoms with E-state index in [-0.39, 0.29) is 5.92 Å². The lowest BCUT2D eigenvalue weighted by molar-refractivity contribution is -0.142. The van der Waals surface area contributed by atoms with Crippen LogP contribution in [0.25, 0.3) is 0 Å². The van der Waals surface area contributed by atoms with Crippen molar-refractivity contribution >= 4 is 5.97 Å². The van der Waals surface area contributed by atoms with Crippen molar-refractivity contribution in [2.45, 2.75) is 64.7 Å². The van der Waals surface area contributed by atoms with Crippen LogP contribution in [0.2, 0.25) is 0 Å². The van der Waals surface area contributed by atoms with Crippen molar-refractivity contribution in [1.29, 1.82) is 0 Å². The number of rotatable bonds is 2. The highest BCUT2D eigenvalue weighted by Gasteiger charge is 2.29. The maximum absolute atomic E-state index is 11.2. The summed E-state index contributed by atoms with van der Waals surface area (Å²) in [4.78, 5) is 20.7. The predicted molar refractivity (Wildman–Crippen MR) is 80.3 cm³/mol. The van der Waals surface area contributed by atoms with Gasteiger partial charge in [-0.3, -0.25) is 4.79 Å². The van der Waals surface area contributed by atoms with Crippen LogP contribution in [0.15, 0.2) is 0 Å². The van der Waals surface area contributed by atoms with Crippen molar-refractivity contribution in [2.24, 2.45) is 11.8 Å². The van der Waals surface area contributed by atoms with Crippen molar-refractivity contribution in [2.75, 3.05) is 0 Å². The van der Waals surface area contributed by atoms with Crippen LogP contribution >= 0.6 is 0 Å². The Morgan fingerprint density at radius 2 is 2.05 bits per heavy atom. The first-order valence-corrected chi connectivity index (χ1v) is 8.13. The van der Waals surface area contributed by atoms with Gasteiger partial charge in [0.25, 0.3) is 0 Å². The van der Waals surface area contributed by atoms with Gasteiger partial charge in [-0.2, -0.15) is 0 Å². The van der Waals surface area contributed by atoms with Crippen molar-refractivity contribution < 1.29 is 9.90 Å². The summed E-state index contributed by atoms with van der Waals surface area (Å²) in [6.07, 6.45) is 7.06. The second-order valence-corrected chi connectivity index (χ2v) is 6.84. The van der Waals surface area contributed by atoms with Crippen LogP contribution in [0.4, 0.5) is 0 Å². The number of aromatic nitrogens is 2. The Labute approximate surface area is 126 Å². The van der Waals surface area contributed by atoms with E-state index < -0.39 is 5.97 Å². The topological polar surface area (TPSA) is 63.1 Å². The summed E-state index contributed by atoms with van der Waals surface area (Å²) in [5, 5.41) is 9.20. The summed E-state index contributed by atoms with van der Waals surface area (Å²) in [6, 6.07) is 0. The summed E-state index contributed by atoms with van der Waals surface area (Å²) in [5.74, 6) is 1.31. The first-order chi connectivity index (χ1) is 10.0. The zero-order valence-corrected chi connectivity index (χ0v) is 12.9. The van der Waals surface area contributed by atoms with Gasteiger partial charge in [0.2, 0.25) is 0 Å². The van der Waals surface area contributed by atoms with Crippen molar-refractivity contribution in [3.05, 3.63) is 22.8 Å². The van der Waals surface area contributed by atoms with Crippen LogP contribution in [0, 0.1) is 18.8 Å². The third-order valence-electron chi connectivity index (χ3n) is 5.15. The standard InChI is InChI=1S/C17H24N2O2/c1-10-4-3-5-12(8-10)16-18-11(2)14-9-13(17(20)21)6-7-15(14)19-16/h10,12-13H,3-9H2,1-2H3,(H,20,21). The van der Waals surface area contributed by atoms with E-state index >= 15 is 0 Å². The third-order valence-corrected chi connectivity index (χ3v) is 5.15. The first-order valence-electron chi connectivity index (χ1n) is 8.13. The monoisotopic (exact) mass is 288 g/mol. The van der Waals surface area contributed by atoms with Gasteiger partial charge in [0.1, 0.15) is 5.82 Å². The van der Waals surface area contributed by atoms with Gasteiger partial charge >= 0.3 is 5.97 Å². The fraction of sp³-hybridized carbons (Fsp3) is 0.706. The van der Waals surface area contributed by atoms with Gasteiger partial charge in [-0.1, -0.05) is 19.8 Å². The van der Waals surface area contributed by atoms with E-state index in [0.717, 1.165) is 35.1 Å². The van der Waals surface area contributed by atoms with Crippen molar-refractivity contribution in [3.63, 3.8) is 0 Å². The maximum atomic E-state index is 11.2. The zero-order chi connectivity index (χ0) is 15.0. The normalized spacial score (nSPS) is 29.0. The number of aliphatic carboxylic acids is 1. The Morgan fingerprint density at radius 1 is 1.24 bits per heavy atom. The molecular weight excluding hydrogens is 264 g/mol. The zero-order valence-electron chi connectivity index (χ0n) is 12.9. The number of fused-ring (bicyclic) bond motifs is 1. The lowest BCUT2D eigenvalue weighted by Gasteiger charge is -2.28. The van der Waals surface area contributed by atoms with Crippen molar-refractivity contribution in [3.8, 4) is 0 Å². The molecule has 4 heteroatoms. The molecule has 2 aliphatic carbocycles. The predicted octanol–water partition coefficient (Wildman–Crippen LogP) is 3.27. The lowest BCUT2D eigenvalue weighted by Crippen LogP contribution is -2.25. The molecule has 0 aliphatic heterocycles. The van der Waals surface area contributed by atoms with Crippen LogP contribution in [0.1, 0.15) is 67.7 Å². The molecule has 4 nitrogen and oxygen atoms in total. The quantitative estimate of drug-likeness (QED) is 0.907. The molecule has 1 saturated carbocycles. The summed E-state index contributed by atoms with van der Waals surface area (Å²) in [6.45, 7) is 4.33. The van der Waals surface area contributed by atoms with E-state index in [9.17, 15) is 9.90 Å². The smallest absolute Gasteiger partial charge is 0.306 e. The molecule has 21 heavy (non-hydrogen) atoms. The van der Waals surface area contributed by atoms with E-state index in [0.29, 0.717) is 18.8 Å². The molecular formula is C17H24N2O2. The molecule has 3 atom stereocenters. The largest absolute Gasteiger partial charge is 0.481 e. The van der Waals surface area contributed by atoms with Gasteiger partial charge in [0.05, 0.1) is 5.92 Å². The van der Waals surface area contributed by atoms with Crippen molar-refractivity contribution in [1.82, 2.24) is 9.97 Å². The van der Waals surface area contributed by atoms with E-state index in [1.807, 2.05) is 6.92 Å². The summed E-state index contributed by atoms with van der Waals surface area (Å²) < 4.78 is 0. The minimum Gasteiger partial charge on any atom is -0.481 e. The molecule has 2 aliphatic rings. The molecule has 0 saturated heterocycles. The molecule has 114 valence electrons. The molecule has 1 heterocycles. The highest BCUT2D eigenvalue weighted by atomic mass is 16.4. The molecule has 0 radical (unpaired) electrons. The van der Waals surface area contributed by atoms with E-state index in [2.05, 4.69) is 6.92 Å². The Hall–Kier alpha value is -1.45. The number of hydrogen-bond acceptors (Lipinski definition) is 3. The number of carbonyl (C=O) groups is 1. The van der Waals surface area contributed by atoms with Crippen LogP contribution in [0.3, 0.4) is 0 Å². The highest BCUT2D eigenvalue weighted by molar-refractivity contribution is 5.71. The fourth-order valence-electron chi connectivity index (χ4n) is 3.87. The molecule has 0 amide bonds. The Bertz CT molecular complexity index is 556. The third kappa shape index (κ3) is 2.94. The van der Waals surface area contributed by atoms with Crippen LogP contribution in [-0.4, -0.2) is 21.0 Å². The highest BCUT2D eigenvalue weighted by Crippen LogP contribution is 2.36. The second-order valence-electron chi connectivity index (χ2n) is 6.84. The SMILES string of the molecule is Cc1nc(C2CCCC(C)C2)nc2c1CC(C(=O)O)CC2. The Kier molecular flexibility index (Phi) is 3.96. The fourth-order valence-corrected chi connectivity index (χ4v) is 3.87. The number of nitrogens with zero attached hydrogens (tertiary/aromatic N) is 2. The van der Waals surface area contributed by atoms with Gasteiger partial charge in [-0.15, -0.1) is 0 Å². The summed E-state index contributed by atoms with van der Waals surface area (Å²) in [5.41, 5.74) is 3.19. The molecule has 1 fully saturated rings. The number of hydrogen-bond donors (Lipinski definition) is 1. The average Bonchev–Trinajstić information content (AvgIpc) is 2.46. The molecule has 3 rings (SSSR count). The molecule has 0 bridgehead atoms. The van der Waals surface area contributed by atoms with E-state index in [4.69, 9.17) is 9.97 Å². The molecule has 1 aromatic heterocycles. The lowest BCUT2D eigenvalue weighted by atomic mass is 9.81. The van der Waals surface area contributed by atoms with E-state index in [1.165, 1.54) is 25.7 Å². The molecule has 3 unspecified atom stereocenters. The Morgan fingerprint density at radius 3 is 2.76 bits per heavy atom. The van der Waals surface area contributed by atoms with Gasteiger partial charge < -0.3 is 5.11 Å². The maximum Gasteiger partial charge on any atom is 0.306 e. The van der Waals surface area contributed by atoms with Gasteiger partial charge in [-0.25, -0.2) is 9.97 Å². The van der Waals surface area contributed by atoms with Gasteiger partial charge in [0, 0.05) is 17.3 Å². The molecule has 0 spiro atoms. The molecule has 0 aromatic carbocycles. The van der Waals surface area contributed by atoms with Crippen LogP contribution in [-0.2, 0) is 17.6 Å². The number of carboxylic acid groups (broad SMARTS) is 1. The number of aryl methyl sites for hydroxylation is 2. The van der Waals surface area contributed by atoms with E-state index in [1.54, 1.807) is 0 Å². The number of carboxylic acids is 1.